The number of rotatable bonds is 5. The van der Waals surface area contributed by atoms with Crippen LogP contribution in [0, 0.1) is 5.82 Å². The van der Waals surface area contributed by atoms with Gasteiger partial charge in [0.25, 0.3) is 0 Å². The summed E-state index contributed by atoms with van der Waals surface area (Å²) in [4.78, 5) is -0.327. The van der Waals surface area contributed by atoms with Gasteiger partial charge in [-0.1, -0.05) is 24.3 Å². The number of halogens is 4. The van der Waals surface area contributed by atoms with Gasteiger partial charge in [0.05, 0.1) is 4.90 Å². The maximum atomic E-state index is 13.1. The smallest absolute Gasteiger partial charge is 0.405 e. The van der Waals surface area contributed by atoms with Crippen molar-refractivity contribution in [1.29, 1.82) is 0 Å². The highest BCUT2D eigenvalue weighted by molar-refractivity contribution is 7.89. The van der Waals surface area contributed by atoms with Crippen LogP contribution in [0.3, 0.4) is 0 Å². The monoisotopic (exact) mass is 349 g/mol. The maximum Gasteiger partial charge on any atom is 0.573 e. The number of ether oxygens (including phenoxy) is 1. The number of alkyl halides is 3. The van der Waals surface area contributed by atoms with E-state index in [0.717, 1.165) is 18.2 Å². The normalized spacial score (nSPS) is 12.2. The van der Waals surface area contributed by atoms with Crippen LogP contribution in [0.4, 0.5) is 17.6 Å². The second-order valence-corrected chi connectivity index (χ2v) is 6.20. The van der Waals surface area contributed by atoms with Crippen molar-refractivity contribution in [3.8, 4) is 5.75 Å². The highest BCUT2D eigenvalue weighted by Gasteiger charge is 2.32. The molecule has 0 fully saturated rings. The summed E-state index contributed by atoms with van der Waals surface area (Å²) in [6.45, 7) is -0.439. The van der Waals surface area contributed by atoms with Gasteiger partial charge in [-0.15, -0.1) is 13.2 Å². The van der Waals surface area contributed by atoms with Crippen molar-refractivity contribution < 1.29 is 30.7 Å². The van der Waals surface area contributed by atoms with Crippen molar-refractivity contribution in [2.45, 2.75) is 17.8 Å². The molecule has 0 spiro atoms. The summed E-state index contributed by atoms with van der Waals surface area (Å²) in [6.07, 6.45) is -4.89. The van der Waals surface area contributed by atoms with Crippen molar-refractivity contribution >= 4 is 10.0 Å². The first-order chi connectivity index (χ1) is 10.7. The average molecular weight is 349 g/mol. The molecule has 0 aliphatic heterocycles. The fraction of sp³-hybridized carbons (Fsp3) is 0.143. The zero-order valence-corrected chi connectivity index (χ0v) is 12.3. The van der Waals surface area contributed by atoms with Crippen LogP contribution in [0.2, 0.25) is 0 Å². The maximum absolute atomic E-state index is 13.1. The molecule has 2 aromatic rings. The molecule has 23 heavy (non-hydrogen) atoms. The molecule has 0 aliphatic carbocycles. The quantitative estimate of drug-likeness (QED) is 0.844. The molecule has 0 amide bonds. The molecular weight excluding hydrogens is 338 g/mol. The minimum atomic E-state index is -4.89. The van der Waals surface area contributed by atoms with Gasteiger partial charge < -0.3 is 4.74 Å². The molecule has 0 heterocycles. The van der Waals surface area contributed by atoms with E-state index in [0.29, 0.717) is 0 Å². The third-order valence-corrected chi connectivity index (χ3v) is 4.16. The second kappa shape index (κ2) is 6.55. The molecule has 124 valence electrons. The van der Waals surface area contributed by atoms with Gasteiger partial charge in [0.1, 0.15) is 11.6 Å². The molecule has 0 aliphatic rings. The van der Waals surface area contributed by atoms with Crippen molar-refractivity contribution in [1.82, 2.24) is 4.72 Å². The van der Waals surface area contributed by atoms with Crippen LogP contribution in [0.5, 0.6) is 5.75 Å². The first-order valence-electron chi connectivity index (χ1n) is 6.26. The largest absolute Gasteiger partial charge is 0.573 e. The molecule has 0 saturated carbocycles. The molecule has 0 radical (unpaired) electrons. The fourth-order valence-electron chi connectivity index (χ4n) is 1.76. The lowest BCUT2D eigenvalue weighted by Crippen LogP contribution is -2.24. The number of benzene rings is 2. The van der Waals surface area contributed by atoms with Gasteiger partial charge >= 0.3 is 6.36 Å². The zero-order valence-electron chi connectivity index (χ0n) is 11.5. The van der Waals surface area contributed by atoms with E-state index in [4.69, 9.17) is 0 Å². The molecule has 0 saturated heterocycles. The first-order valence-corrected chi connectivity index (χ1v) is 7.74. The Kier molecular flexibility index (Phi) is 4.90. The van der Waals surface area contributed by atoms with Crippen molar-refractivity contribution in [2.75, 3.05) is 0 Å². The molecule has 0 unspecified atom stereocenters. The number of para-hydroxylation sites is 1. The second-order valence-electron chi connectivity index (χ2n) is 4.44. The molecule has 9 heteroatoms. The van der Waals surface area contributed by atoms with Crippen LogP contribution < -0.4 is 9.46 Å². The van der Waals surface area contributed by atoms with Crippen LogP contribution in [0.15, 0.2) is 53.4 Å². The highest BCUT2D eigenvalue weighted by Crippen LogP contribution is 2.26. The molecule has 0 bridgehead atoms. The lowest BCUT2D eigenvalue weighted by molar-refractivity contribution is -0.274. The van der Waals surface area contributed by atoms with Crippen LogP contribution in [0.25, 0.3) is 0 Å². The van der Waals surface area contributed by atoms with E-state index in [2.05, 4.69) is 9.46 Å². The number of hydrogen-bond acceptors (Lipinski definition) is 3. The summed E-state index contributed by atoms with van der Waals surface area (Å²) < 4.78 is 79.9. The third-order valence-electron chi connectivity index (χ3n) is 2.76. The van der Waals surface area contributed by atoms with E-state index < -0.39 is 34.5 Å². The van der Waals surface area contributed by atoms with Crippen LogP contribution >= 0.6 is 0 Å². The van der Waals surface area contributed by atoms with Gasteiger partial charge in [-0.05, 0) is 24.3 Å². The van der Waals surface area contributed by atoms with E-state index in [-0.39, 0.29) is 10.5 Å². The average Bonchev–Trinajstić information content (AvgIpc) is 2.45. The first kappa shape index (κ1) is 17.2. The molecule has 1 N–H and O–H groups in total. The predicted octanol–water partition coefficient (Wildman–Crippen LogP) is 3.20. The van der Waals surface area contributed by atoms with Crippen molar-refractivity contribution in [3.05, 3.63) is 59.9 Å². The number of sulfonamides is 1. The standard InChI is InChI=1S/C14H11F4NO3S/c15-11-5-3-6-12(8-11)23(20,21)19-9-10-4-1-2-7-13(10)22-14(16,17)18/h1-8,19H,9H2. The summed E-state index contributed by atoms with van der Waals surface area (Å²) in [5, 5.41) is 0. The van der Waals surface area contributed by atoms with Gasteiger partial charge in [0.15, 0.2) is 0 Å². The minimum Gasteiger partial charge on any atom is -0.405 e. The Bertz CT molecular complexity index is 791. The Morgan fingerprint density at radius 2 is 1.74 bits per heavy atom. The van der Waals surface area contributed by atoms with Crippen LogP contribution in [-0.4, -0.2) is 14.8 Å². The number of hydrogen-bond donors (Lipinski definition) is 1. The Balaban J connectivity index is 2.18. The van der Waals surface area contributed by atoms with E-state index in [9.17, 15) is 26.0 Å². The Morgan fingerprint density at radius 1 is 1.04 bits per heavy atom. The van der Waals surface area contributed by atoms with Crippen molar-refractivity contribution in [2.24, 2.45) is 0 Å². The summed E-state index contributed by atoms with van der Waals surface area (Å²) in [5.74, 6) is -1.25. The fourth-order valence-corrected chi connectivity index (χ4v) is 2.80. The van der Waals surface area contributed by atoms with E-state index in [1.54, 1.807) is 0 Å². The topological polar surface area (TPSA) is 55.4 Å². The molecule has 0 aromatic heterocycles. The number of nitrogens with one attached hydrogen (secondary N) is 1. The van der Waals surface area contributed by atoms with Gasteiger partial charge in [0, 0.05) is 12.1 Å². The van der Waals surface area contributed by atoms with E-state index in [1.807, 2.05) is 0 Å². The summed E-state index contributed by atoms with van der Waals surface area (Å²) >= 11 is 0. The predicted molar refractivity (Wildman–Crippen MR) is 73.6 cm³/mol. The molecule has 2 aromatic carbocycles. The zero-order chi connectivity index (χ0) is 17.1. The van der Waals surface area contributed by atoms with Gasteiger partial charge in [0.2, 0.25) is 10.0 Å². The Morgan fingerprint density at radius 3 is 2.39 bits per heavy atom. The summed E-state index contributed by atoms with van der Waals surface area (Å²) in [7, 11) is -4.07. The van der Waals surface area contributed by atoms with Crippen LogP contribution in [-0.2, 0) is 16.6 Å². The lowest BCUT2D eigenvalue weighted by atomic mass is 10.2. The van der Waals surface area contributed by atoms with Gasteiger partial charge in [-0.25, -0.2) is 17.5 Å². The third kappa shape index (κ3) is 4.93. The van der Waals surface area contributed by atoms with E-state index >= 15 is 0 Å². The molecule has 4 nitrogen and oxygen atoms in total. The van der Waals surface area contributed by atoms with Gasteiger partial charge in [-0.3, -0.25) is 0 Å². The summed E-state index contributed by atoms with van der Waals surface area (Å²) in [6, 6.07) is 9.38. The SMILES string of the molecule is O=S(=O)(NCc1ccccc1OC(F)(F)F)c1cccc(F)c1. The molecular formula is C14H11F4NO3S. The summed E-state index contributed by atoms with van der Waals surface area (Å²) in [5.41, 5.74) is -0.00944. The van der Waals surface area contributed by atoms with Crippen molar-refractivity contribution in [3.63, 3.8) is 0 Å². The molecule has 0 atom stereocenters. The highest BCUT2D eigenvalue weighted by atomic mass is 32.2. The minimum absolute atomic E-state index is 0.00944. The Labute approximate surface area is 129 Å². The van der Waals surface area contributed by atoms with Crippen LogP contribution in [0.1, 0.15) is 5.56 Å². The van der Waals surface area contributed by atoms with E-state index in [1.165, 1.54) is 30.3 Å². The Hall–Kier alpha value is -2.13. The lowest BCUT2D eigenvalue weighted by Gasteiger charge is -2.13. The van der Waals surface area contributed by atoms with Gasteiger partial charge in [-0.2, -0.15) is 0 Å². The molecule has 2 rings (SSSR count).